The predicted octanol–water partition coefficient (Wildman–Crippen LogP) is 27.4. The first-order chi connectivity index (χ1) is 48.2. The van der Waals surface area contributed by atoms with Crippen LogP contribution < -0.4 is 9.80 Å². The van der Waals surface area contributed by atoms with Crippen molar-refractivity contribution in [2.45, 2.75) is 27.7 Å². The first-order valence-electron chi connectivity index (χ1n) is 34.1. The van der Waals surface area contributed by atoms with E-state index in [1.807, 2.05) is 0 Å². The molecule has 0 saturated heterocycles. The van der Waals surface area contributed by atoms with Gasteiger partial charge in [-0.15, -0.1) is 0 Å². The van der Waals surface area contributed by atoms with Crippen LogP contribution in [0.25, 0.3) is 142 Å². The molecule has 18 aromatic carbocycles. The smallest absolute Gasteiger partial charge is 0.0569 e. The molecule has 0 aliphatic heterocycles. The van der Waals surface area contributed by atoms with Gasteiger partial charge < -0.3 is 9.80 Å². The molecule has 0 unspecified atom stereocenters. The molecule has 0 aromatic heterocycles. The largest absolute Gasteiger partial charge is 0.309 e. The van der Waals surface area contributed by atoms with Gasteiger partial charge in [0.25, 0.3) is 0 Å². The van der Waals surface area contributed by atoms with Gasteiger partial charge in [0.05, 0.1) is 11.4 Å². The fraction of sp³-hybridized carbons (Fsp3) is 0.0417. The Morgan fingerprint density at radius 2 is 0.459 bits per heavy atom. The van der Waals surface area contributed by atoms with Crippen LogP contribution in [0.2, 0.25) is 0 Å². The Morgan fingerprint density at radius 3 is 0.816 bits per heavy atom. The Hall–Kier alpha value is -12.4. The molecule has 0 saturated carbocycles. The third kappa shape index (κ3) is 9.95. The van der Waals surface area contributed by atoms with Crippen molar-refractivity contribution < 1.29 is 0 Å². The Morgan fingerprint density at radius 1 is 0.173 bits per heavy atom. The second-order valence-corrected chi connectivity index (χ2v) is 26.5. The third-order valence-corrected chi connectivity index (χ3v) is 20.7. The number of aryl methyl sites for hydroxylation is 4. The van der Waals surface area contributed by atoms with Crippen molar-refractivity contribution in [2.24, 2.45) is 0 Å². The molecule has 18 aromatic rings. The topological polar surface area (TPSA) is 6.48 Å². The molecule has 0 fully saturated rings. The zero-order valence-electron chi connectivity index (χ0n) is 55.2. The Labute approximate surface area is 571 Å². The van der Waals surface area contributed by atoms with E-state index in [2.05, 4.69) is 377 Å². The predicted molar refractivity (Wildman–Crippen MR) is 422 cm³/mol. The normalized spacial score (nSPS) is 11.7. The summed E-state index contributed by atoms with van der Waals surface area (Å²) in [5.74, 6) is 0. The molecule has 98 heavy (non-hydrogen) atoms. The Kier molecular flexibility index (Phi) is 14.2. The van der Waals surface area contributed by atoms with E-state index < -0.39 is 0 Å². The number of benzene rings is 18. The summed E-state index contributed by atoms with van der Waals surface area (Å²) < 4.78 is 0. The molecule has 0 heterocycles. The third-order valence-electron chi connectivity index (χ3n) is 20.7. The van der Waals surface area contributed by atoms with Gasteiger partial charge in [0.15, 0.2) is 0 Å². The van der Waals surface area contributed by atoms with Crippen LogP contribution in [-0.4, -0.2) is 0 Å². The summed E-state index contributed by atoms with van der Waals surface area (Å²) >= 11 is 0. The van der Waals surface area contributed by atoms with Crippen LogP contribution in [0.5, 0.6) is 0 Å². The van der Waals surface area contributed by atoms with E-state index in [0.29, 0.717) is 0 Å². The van der Waals surface area contributed by atoms with Crippen LogP contribution in [0.1, 0.15) is 22.3 Å². The van der Waals surface area contributed by atoms with Crippen LogP contribution in [0.4, 0.5) is 34.1 Å². The fourth-order valence-corrected chi connectivity index (χ4v) is 15.8. The molecule has 0 aliphatic carbocycles. The zero-order chi connectivity index (χ0) is 65.5. The second kappa shape index (κ2) is 23.8. The molecule has 462 valence electrons. The zero-order valence-corrected chi connectivity index (χ0v) is 55.2. The van der Waals surface area contributed by atoms with E-state index in [9.17, 15) is 0 Å². The summed E-state index contributed by atoms with van der Waals surface area (Å²) in [6.45, 7) is 9.06. The highest BCUT2D eigenvalue weighted by atomic mass is 15.2. The molecular weight excluding hydrogens is 1180 g/mol. The molecule has 0 bridgehead atoms. The second-order valence-electron chi connectivity index (χ2n) is 26.5. The summed E-state index contributed by atoms with van der Waals surface area (Å²) in [5.41, 5.74) is 23.2. The van der Waals surface area contributed by atoms with Gasteiger partial charge in [-0.05, 0) is 253 Å². The average Bonchev–Trinajstić information content (AvgIpc) is 0.771. The van der Waals surface area contributed by atoms with Crippen LogP contribution in [0, 0.1) is 27.7 Å². The molecular formula is C96H68N2. The quantitative estimate of drug-likeness (QED) is 0.119. The number of hydrogen-bond acceptors (Lipinski definition) is 2. The minimum atomic E-state index is 1.09. The number of hydrogen-bond donors (Lipinski definition) is 0. The first-order valence-corrected chi connectivity index (χ1v) is 34.1. The number of fused-ring (bicyclic) bond motifs is 14. The van der Waals surface area contributed by atoms with Crippen molar-refractivity contribution in [3.05, 3.63) is 362 Å². The molecule has 0 atom stereocenters. The standard InChI is InChI=1S/C96H68N2/c1-61-19-17-33-79(75-37-35-65-21-5-7-23-69(65)57-75)95(61)97(77-47-39-67(40-48-77)73-43-51-89-85-29-11-9-25-81(85)83-27-13-15-31-87(83)91(89)59-73)93-53-45-71(55-63(93)3)72-46-54-94(64(4)56-72)98(96-62(2)20-18-34-80(96)76-38-36-66-22-6-8-24-70(66)58-76)78-49-41-68(42-50-78)74-44-52-90-86-30-12-10-26-82(86)84-28-14-16-32-88(84)92(90)60-74/h5-60H,1-4H3. The van der Waals surface area contributed by atoms with Crippen molar-refractivity contribution >= 4 is 120 Å². The summed E-state index contributed by atoms with van der Waals surface area (Å²) in [7, 11) is 0. The van der Waals surface area contributed by atoms with Gasteiger partial charge in [0.2, 0.25) is 0 Å². The van der Waals surface area contributed by atoms with Crippen molar-refractivity contribution in [1.29, 1.82) is 0 Å². The van der Waals surface area contributed by atoms with E-state index >= 15 is 0 Å². The summed E-state index contributed by atoms with van der Waals surface area (Å²) in [4.78, 5) is 5.00. The lowest BCUT2D eigenvalue weighted by Crippen LogP contribution is -2.14. The molecule has 0 aliphatic rings. The maximum absolute atomic E-state index is 2.50. The molecule has 2 heteroatoms. The van der Waals surface area contributed by atoms with E-state index in [1.165, 1.54) is 153 Å². The van der Waals surface area contributed by atoms with Crippen LogP contribution in [0.3, 0.4) is 0 Å². The Balaban J connectivity index is 0.742. The lowest BCUT2D eigenvalue weighted by molar-refractivity contribution is 1.22. The maximum Gasteiger partial charge on any atom is 0.0569 e. The number of para-hydroxylation sites is 2. The van der Waals surface area contributed by atoms with Gasteiger partial charge in [-0.25, -0.2) is 0 Å². The highest BCUT2D eigenvalue weighted by Gasteiger charge is 2.25. The lowest BCUT2D eigenvalue weighted by Gasteiger charge is -2.32. The molecule has 18 rings (SSSR count). The first kappa shape index (κ1) is 58.2. The summed E-state index contributed by atoms with van der Waals surface area (Å²) in [5, 5.41) is 20.2. The van der Waals surface area contributed by atoms with Crippen molar-refractivity contribution in [3.8, 4) is 55.6 Å². The van der Waals surface area contributed by atoms with Crippen molar-refractivity contribution in [1.82, 2.24) is 0 Å². The van der Waals surface area contributed by atoms with Crippen LogP contribution in [-0.2, 0) is 0 Å². The van der Waals surface area contributed by atoms with E-state index in [-0.39, 0.29) is 0 Å². The highest BCUT2D eigenvalue weighted by molar-refractivity contribution is 6.27. The van der Waals surface area contributed by atoms with Gasteiger partial charge in [-0.1, -0.05) is 267 Å². The number of anilines is 6. The minimum absolute atomic E-state index is 1.09. The lowest BCUT2D eigenvalue weighted by atomic mass is 9.92. The molecule has 2 nitrogen and oxygen atoms in total. The van der Waals surface area contributed by atoms with Gasteiger partial charge in [-0.2, -0.15) is 0 Å². The summed E-state index contributed by atoms with van der Waals surface area (Å²) in [6.07, 6.45) is 0. The molecule has 0 amide bonds. The Bertz CT molecular complexity index is 5780. The van der Waals surface area contributed by atoms with E-state index in [4.69, 9.17) is 0 Å². The minimum Gasteiger partial charge on any atom is -0.309 e. The van der Waals surface area contributed by atoms with Gasteiger partial charge >= 0.3 is 0 Å². The highest BCUT2D eigenvalue weighted by Crippen LogP contribution is 2.49. The fourth-order valence-electron chi connectivity index (χ4n) is 15.8. The van der Waals surface area contributed by atoms with Crippen LogP contribution in [0.15, 0.2) is 340 Å². The van der Waals surface area contributed by atoms with Crippen molar-refractivity contribution in [3.63, 3.8) is 0 Å². The van der Waals surface area contributed by atoms with Gasteiger partial charge in [0, 0.05) is 33.9 Å². The van der Waals surface area contributed by atoms with Gasteiger partial charge in [-0.3, -0.25) is 0 Å². The maximum atomic E-state index is 2.50. The summed E-state index contributed by atoms with van der Waals surface area (Å²) in [6, 6.07) is 127. The number of nitrogens with zero attached hydrogens (tertiary/aromatic N) is 2. The monoisotopic (exact) mass is 1250 g/mol. The molecule has 0 N–H and O–H groups in total. The van der Waals surface area contributed by atoms with E-state index in [0.717, 1.165) is 45.3 Å². The average molecular weight is 1250 g/mol. The van der Waals surface area contributed by atoms with Gasteiger partial charge in [0.1, 0.15) is 0 Å². The number of rotatable bonds is 11. The van der Waals surface area contributed by atoms with Crippen molar-refractivity contribution in [2.75, 3.05) is 9.80 Å². The van der Waals surface area contributed by atoms with E-state index in [1.54, 1.807) is 0 Å². The SMILES string of the molecule is Cc1cc(-c2ccc(N(c3ccc(-c4ccc5c6ccccc6c6ccccc6c5c4)cc3)c3c(C)cccc3-c3ccc4ccccc4c3)c(C)c2)ccc1N(c1ccc(-c2ccc3c4ccccc4c4ccccc4c3c2)cc1)c1c(C)cccc1-c1ccc2ccccc2c1. The molecule has 0 radical (unpaired) electrons. The molecule has 0 spiro atoms. The van der Waals surface area contributed by atoms with Crippen LogP contribution >= 0.6 is 0 Å².